The van der Waals surface area contributed by atoms with E-state index >= 15 is 0 Å². The summed E-state index contributed by atoms with van der Waals surface area (Å²) in [4.78, 5) is -0.473. The fourth-order valence-electron chi connectivity index (χ4n) is 2.44. The van der Waals surface area contributed by atoms with Crippen molar-refractivity contribution in [3.63, 3.8) is 0 Å². The minimum Gasteiger partial charge on any atom is -0.383 e. The third-order valence-corrected chi connectivity index (χ3v) is 5.45. The van der Waals surface area contributed by atoms with E-state index in [2.05, 4.69) is 0 Å². The lowest BCUT2D eigenvalue weighted by Crippen LogP contribution is -2.38. The number of sulfonamides is 1. The Morgan fingerprint density at radius 3 is 2.70 bits per heavy atom. The Morgan fingerprint density at radius 1 is 1.35 bits per heavy atom. The molecule has 0 aliphatic carbocycles. The van der Waals surface area contributed by atoms with Crippen molar-refractivity contribution in [1.29, 1.82) is 0 Å². The molecular formula is C13H17F2NO3S. The number of ether oxygens (including phenoxy) is 1. The van der Waals surface area contributed by atoms with Gasteiger partial charge >= 0.3 is 0 Å². The first kappa shape index (κ1) is 15.3. The fourth-order valence-corrected chi connectivity index (χ4v) is 4.25. The van der Waals surface area contributed by atoms with Crippen molar-refractivity contribution in [1.82, 2.24) is 4.31 Å². The number of methoxy groups -OCH3 is 1. The third kappa shape index (κ3) is 2.70. The van der Waals surface area contributed by atoms with Gasteiger partial charge in [0.25, 0.3) is 0 Å². The molecule has 1 saturated heterocycles. The molecule has 1 aliphatic rings. The Hall–Kier alpha value is -1.05. The Kier molecular flexibility index (Phi) is 4.41. The number of hydrogen-bond acceptors (Lipinski definition) is 3. The summed E-state index contributed by atoms with van der Waals surface area (Å²) in [5.74, 6) is -1.81. The molecule has 20 heavy (non-hydrogen) atoms. The van der Waals surface area contributed by atoms with Crippen LogP contribution in [0.3, 0.4) is 0 Å². The van der Waals surface area contributed by atoms with E-state index in [1.54, 1.807) is 0 Å². The highest BCUT2D eigenvalue weighted by molar-refractivity contribution is 7.89. The van der Waals surface area contributed by atoms with Crippen molar-refractivity contribution >= 4 is 10.0 Å². The van der Waals surface area contributed by atoms with Crippen molar-refractivity contribution in [2.24, 2.45) is 0 Å². The Labute approximate surface area is 117 Å². The van der Waals surface area contributed by atoms with Crippen molar-refractivity contribution in [2.45, 2.75) is 30.7 Å². The average molecular weight is 305 g/mol. The lowest BCUT2D eigenvalue weighted by atomic mass is 10.2. The van der Waals surface area contributed by atoms with Crippen LogP contribution < -0.4 is 0 Å². The summed E-state index contributed by atoms with van der Waals surface area (Å²) in [6.45, 7) is 2.00. The monoisotopic (exact) mass is 305 g/mol. The van der Waals surface area contributed by atoms with Crippen LogP contribution in [-0.4, -0.2) is 39.0 Å². The standard InChI is InChI=1S/C13H17F2NO3S/c1-9-6-13(12(15)7-11(9)14)20(17,18)16-5-3-4-10(16)8-19-2/h6-7,10H,3-5,8H2,1-2H3/t10-/m0/s1. The first-order valence-electron chi connectivity index (χ1n) is 6.34. The lowest BCUT2D eigenvalue weighted by molar-refractivity contribution is 0.149. The molecule has 0 amide bonds. The molecule has 0 bridgehead atoms. The summed E-state index contributed by atoms with van der Waals surface area (Å²) in [7, 11) is -2.48. The van der Waals surface area contributed by atoms with E-state index < -0.39 is 26.6 Å². The zero-order chi connectivity index (χ0) is 14.9. The van der Waals surface area contributed by atoms with Gasteiger partial charge in [-0.05, 0) is 31.4 Å². The van der Waals surface area contributed by atoms with Crippen molar-refractivity contribution in [3.05, 3.63) is 29.3 Å². The van der Waals surface area contributed by atoms with Crippen molar-refractivity contribution in [2.75, 3.05) is 20.3 Å². The minimum absolute atomic E-state index is 0.104. The summed E-state index contributed by atoms with van der Waals surface area (Å²) < 4.78 is 58.3. The van der Waals surface area contributed by atoms with E-state index in [-0.39, 0.29) is 18.2 Å². The van der Waals surface area contributed by atoms with Crippen LogP contribution in [0.15, 0.2) is 17.0 Å². The molecule has 1 aromatic carbocycles. The number of hydrogen-bond donors (Lipinski definition) is 0. The van der Waals surface area contributed by atoms with Gasteiger partial charge in [0.05, 0.1) is 6.61 Å². The van der Waals surface area contributed by atoms with Crippen LogP contribution >= 0.6 is 0 Å². The smallest absolute Gasteiger partial charge is 0.246 e. The topological polar surface area (TPSA) is 46.6 Å². The molecule has 0 saturated carbocycles. The second-order valence-electron chi connectivity index (χ2n) is 4.90. The van der Waals surface area contributed by atoms with Gasteiger partial charge in [-0.3, -0.25) is 0 Å². The molecule has 7 heteroatoms. The molecule has 1 aromatic rings. The molecule has 0 unspecified atom stereocenters. The van der Waals surface area contributed by atoms with Crippen molar-refractivity contribution in [3.8, 4) is 0 Å². The van der Waals surface area contributed by atoms with E-state index in [1.807, 2.05) is 0 Å². The number of rotatable bonds is 4. The minimum atomic E-state index is -3.97. The van der Waals surface area contributed by atoms with Crippen LogP contribution in [-0.2, 0) is 14.8 Å². The van der Waals surface area contributed by atoms with E-state index in [4.69, 9.17) is 4.74 Å². The van der Waals surface area contributed by atoms with Gasteiger partial charge in [-0.15, -0.1) is 0 Å². The fraction of sp³-hybridized carbons (Fsp3) is 0.538. The van der Waals surface area contributed by atoms with Crippen LogP contribution in [0.4, 0.5) is 8.78 Å². The molecule has 2 rings (SSSR count). The average Bonchev–Trinajstić information content (AvgIpc) is 2.83. The lowest BCUT2D eigenvalue weighted by Gasteiger charge is -2.23. The zero-order valence-corrected chi connectivity index (χ0v) is 12.2. The molecule has 0 N–H and O–H groups in total. The van der Waals surface area contributed by atoms with E-state index in [0.717, 1.165) is 6.07 Å². The van der Waals surface area contributed by atoms with Gasteiger partial charge < -0.3 is 4.74 Å². The number of benzene rings is 1. The second kappa shape index (κ2) is 5.75. The quantitative estimate of drug-likeness (QED) is 0.855. The molecule has 1 heterocycles. The van der Waals surface area contributed by atoms with Crippen LogP contribution in [0.2, 0.25) is 0 Å². The maximum Gasteiger partial charge on any atom is 0.246 e. The second-order valence-corrected chi connectivity index (χ2v) is 6.76. The predicted molar refractivity (Wildman–Crippen MR) is 69.9 cm³/mol. The third-order valence-electron chi connectivity index (χ3n) is 3.48. The predicted octanol–water partition coefficient (Wildman–Crippen LogP) is 2.07. The Balaban J connectivity index is 2.42. The molecule has 0 radical (unpaired) electrons. The molecule has 112 valence electrons. The van der Waals surface area contributed by atoms with Gasteiger partial charge in [0.2, 0.25) is 10.0 Å². The molecule has 0 aromatic heterocycles. The molecule has 0 spiro atoms. The van der Waals surface area contributed by atoms with Gasteiger partial charge in [0, 0.05) is 25.8 Å². The summed E-state index contributed by atoms with van der Waals surface area (Å²) in [6, 6.07) is 1.36. The van der Waals surface area contributed by atoms with Crippen LogP contribution in [0.5, 0.6) is 0 Å². The van der Waals surface area contributed by atoms with E-state index in [9.17, 15) is 17.2 Å². The van der Waals surface area contributed by atoms with Gasteiger partial charge in [0.1, 0.15) is 16.5 Å². The summed E-state index contributed by atoms with van der Waals surface area (Å²) in [6.07, 6.45) is 1.38. The first-order chi connectivity index (χ1) is 9.37. The van der Waals surface area contributed by atoms with Crippen LogP contribution in [0, 0.1) is 18.6 Å². The molecule has 1 fully saturated rings. The van der Waals surface area contributed by atoms with Gasteiger partial charge in [-0.1, -0.05) is 0 Å². The highest BCUT2D eigenvalue weighted by Crippen LogP contribution is 2.28. The maximum absolute atomic E-state index is 13.8. The van der Waals surface area contributed by atoms with E-state index in [0.29, 0.717) is 25.5 Å². The van der Waals surface area contributed by atoms with Gasteiger partial charge in [-0.25, -0.2) is 17.2 Å². The number of halogens is 2. The van der Waals surface area contributed by atoms with Gasteiger partial charge in [-0.2, -0.15) is 4.31 Å². The number of aryl methyl sites for hydroxylation is 1. The van der Waals surface area contributed by atoms with Gasteiger partial charge in [0.15, 0.2) is 0 Å². The summed E-state index contributed by atoms with van der Waals surface area (Å²) >= 11 is 0. The first-order valence-corrected chi connectivity index (χ1v) is 7.78. The van der Waals surface area contributed by atoms with E-state index in [1.165, 1.54) is 18.3 Å². The summed E-state index contributed by atoms with van der Waals surface area (Å²) in [5, 5.41) is 0. The maximum atomic E-state index is 13.8. The molecule has 1 atom stereocenters. The highest BCUT2D eigenvalue weighted by atomic mass is 32.2. The molecular weight excluding hydrogens is 288 g/mol. The summed E-state index contributed by atoms with van der Waals surface area (Å²) in [5.41, 5.74) is 0.104. The van der Waals surface area contributed by atoms with Crippen LogP contribution in [0.25, 0.3) is 0 Å². The Bertz CT molecular complexity index is 604. The highest BCUT2D eigenvalue weighted by Gasteiger charge is 2.36. The zero-order valence-electron chi connectivity index (χ0n) is 11.4. The number of nitrogens with zero attached hydrogens (tertiary/aromatic N) is 1. The normalized spacial score (nSPS) is 20.5. The largest absolute Gasteiger partial charge is 0.383 e. The molecule has 1 aliphatic heterocycles. The SMILES string of the molecule is COC[C@@H]1CCCN1S(=O)(=O)c1cc(C)c(F)cc1F. The van der Waals surface area contributed by atoms with Crippen molar-refractivity contribution < 1.29 is 21.9 Å². The van der Waals surface area contributed by atoms with Crippen LogP contribution in [0.1, 0.15) is 18.4 Å². The Morgan fingerprint density at radius 2 is 2.05 bits per heavy atom. The molecule has 4 nitrogen and oxygen atoms in total.